The molecule has 1 unspecified atom stereocenters. The molecular weight excluding hydrogens is 294 g/mol. The first-order valence-corrected chi connectivity index (χ1v) is 7.47. The third-order valence-electron chi connectivity index (χ3n) is 3.74. The molecule has 7 heteroatoms. The van der Waals surface area contributed by atoms with E-state index in [2.05, 4.69) is 15.2 Å². The van der Waals surface area contributed by atoms with Gasteiger partial charge in [0.05, 0.1) is 17.2 Å². The molecule has 1 aliphatic heterocycles. The minimum atomic E-state index is -1.05. The number of hydrogen-bond donors (Lipinski definition) is 3. The zero-order chi connectivity index (χ0) is 15.2. The van der Waals surface area contributed by atoms with E-state index >= 15 is 0 Å². The minimum absolute atomic E-state index is 0.0712. The molecule has 0 aliphatic carbocycles. The number of anilines is 1. The minimum Gasteiger partial charge on any atom is -0.478 e. The summed E-state index contributed by atoms with van der Waals surface area (Å²) in [6.07, 6.45) is 4.64. The van der Waals surface area contributed by atoms with Crippen LogP contribution in [0.1, 0.15) is 29.6 Å². The van der Waals surface area contributed by atoms with Crippen molar-refractivity contribution >= 4 is 23.4 Å². The van der Waals surface area contributed by atoms with E-state index in [9.17, 15) is 9.90 Å². The SMILES string of the molecule is O=C(O)c1cnc(NCCN2CCCCC2CO)c(Cl)c1. The largest absolute Gasteiger partial charge is 0.478 e. The van der Waals surface area contributed by atoms with Crippen molar-refractivity contribution in [2.75, 3.05) is 31.6 Å². The summed E-state index contributed by atoms with van der Waals surface area (Å²) in [5, 5.41) is 21.6. The Hall–Kier alpha value is -1.37. The van der Waals surface area contributed by atoms with Crippen LogP contribution in [0.15, 0.2) is 12.3 Å². The number of carboxylic acids is 1. The highest BCUT2D eigenvalue weighted by Crippen LogP contribution is 2.20. The first kappa shape index (κ1) is 16.0. The molecule has 6 nitrogen and oxygen atoms in total. The fourth-order valence-electron chi connectivity index (χ4n) is 2.56. The fraction of sp³-hybridized carbons (Fsp3) is 0.571. The number of aromatic carboxylic acids is 1. The molecule has 1 aliphatic rings. The molecular formula is C14H20ClN3O3. The molecule has 21 heavy (non-hydrogen) atoms. The molecule has 116 valence electrons. The molecule has 2 rings (SSSR count). The number of likely N-dealkylation sites (tertiary alicyclic amines) is 1. The van der Waals surface area contributed by atoms with Gasteiger partial charge in [-0.15, -0.1) is 0 Å². The number of hydrogen-bond acceptors (Lipinski definition) is 5. The highest BCUT2D eigenvalue weighted by molar-refractivity contribution is 6.33. The number of nitrogens with one attached hydrogen (secondary N) is 1. The third kappa shape index (κ3) is 4.30. The van der Waals surface area contributed by atoms with E-state index in [1.807, 2.05) is 0 Å². The van der Waals surface area contributed by atoms with Crippen LogP contribution in [0.2, 0.25) is 5.02 Å². The molecule has 3 N–H and O–H groups in total. The molecule has 0 bridgehead atoms. The second-order valence-corrected chi connectivity index (χ2v) is 5.56. The maximum absolute atomic E-state index is 10.8. The van der Waals surface area contributed by atoms with Crippen LogP contribution in [0.25, 0.3) is 0 Å². The smallest absolute Gasteiger partial charge is 0.337 e. The number of aliphatic hydroxyl groups is 1. The Morgan fingerprint density at radius 2 is 2.33 bits per heavy atom. The first-order chi connectivity index (χ1) is 10.1. The number of pyridine rings is 1. The lowest BCUT2D eigenvalue weighted by Crippen LogP contribution is -2.44. The van der Waals surface area contributed by atoms with E-state index in [1.165, 1.54) is 18.7 Å². The Morgan fingerprint density at radius 3 is 3.00 bits per heavy atom. The monoisotopic (exact) mass is 313 g/mol. The Kier molecular flexibility index (Phi) is 5.78. The lowest BCUT2D eigenvalue weighted by molar-refractivity contribution is 0.0696. The highest BCUT2D eigenvalue weighted by atomic mass is 35.5. The molecule has 2 heterocycles. The zero-order valence-corrected chi connectivity index (χ0v) is 12.5. The third-order valence-corrected chi connectivity index (χ3v) is 4.03. The number of halogens is 1. The van der Waals surface area contributed by atoms with Gasteiger partial charge in [-0.05, 0) is 25.5 Å². The van der Waals surface area contributed by atoms with E-state index in [0.717, 1.165) is 25.9 Å². The van der Waals surface area contributed by atoms with Crippen molar-refractivity contribution in [2.24, 2.45) is 0 Å². The van der Waals surface area contributed by atoms with E-state index in [1.54, 1.807) is 0 Å². The second kappa shape index (κ2) is 7.59. The summed E-state index contributed by atoms with van der Waals surface area (Å²) in [5.41, 5.74) is 0.0712. The van der Waals surface area contributed by atoms with Crippen LogP contribution < -0.4 is 5.32 Å². The second-order valence-electron chi connectivity index (χ2n) is 5.15. The van der Waals surface area contributed by atoms with Gasteiger partial charge < -0.3 is 15.5 Å². The standard InChI is InChI=1S/C14H20ClN3O3/c15-12-7-10(14(20)21)8-17-13(12)16-4-6-18-5-2-1-3-11(18)9-19/h7-8,11,19H,1-6,9H2,(H,16,17)(H,20,21). The average Bonchev–Trinajstić information content (AvgIpc) is 2.49. The Balaban J connectivity index is 1.87. The van der Waals surface area contributed by atoms with E-state index < -0.39 is 5.97 Å². The van der Waals surface area contributed by atoms with Gasteiger partial charge >= 0.3 is 5.97 Å². The number of carboxylic acid groups (broad SMARTS) is 1. The van der Waals surface area contributed by atoms with Crippen LogP contribution in [0.3, 0.4) is 0 Å². The maximum Gasteiger partial charge on any atom is 0.337 e. The van der Waals surface area contributed by atoms with Gasteiger partial charge in [0, 0.05) is 25.3 Å². The first-order valence-electron chi connectivity index (χ1n) is 7.09. The summed E-state index contributed by atoms with van der Waals surface area (Å²) in [6, 6.07) is 1.62. The highest BCUT2D eigenvalue weighted by Gasteiger charge is 2.20. The van der Waals surface area contributed by atoms with Gasteiger partial charge in [-0.2, -0.15) is 0 Å². The van der Waals surface area contributed by atoms with E-state index in [4.69, 9.17) is 16.7 Å². The number of piperidine rings is 1. The number of carbonyl (C=O) groups is 1. The lowest BCUT2D eigenvalue weighted by atomic mass is 10.0. The maximum atomic E-state index is 10.8. The van der Waals surface area contributed by atoms with Gasteiger partial charge in [0.15, 0.2) is 0 Å². The number of aliphatic hydroxyl groups excluding tert-OH is 1. The van der Waals surface area contributed by atoms with Crippen molar-refractivity contribution in [1.29, 1.82) is 0 Å². The van der Waals surface area contributed by atoms with Crippen molar-refractivity contribution in [1.82, 2.24) is 9.88 Å². The molecule has 0 radical (unpaired) electrons. The summed E-state index contributed by atoms with van der Waals surface area (Å²) in [6.45, 7) is 2.62. The number of aromatic nitrogens is 1. The fourth-order valence-corrected chi connectivity index (χ4v) is 2.80. The Labute approximate surface area is 128 Å². The van der Waals surface area contributed by atoms with Crippen LogP contribution in [0.4, 0.5) is 5.82 Å². The van der Waals surface area contributed by atoms with Crippen LogP contribution in [0, 0.1) is 0 Å². The summed E-state index contributed by atoms with van der Waals surface area (Å²) in [4.78, 5) is 17.1. The number of nitrogens with zero attached hydrogens (tertiary/aromatic N) is 2. The van der Waals surface area contributed by atoms with Crippen molar-refractivity contribution in [2.45, 2.75) is 25.3 Å². The van der Waals surface area contributed by atoms with E-state index in [-0.39, 0.29) is 18.2 Å². The summed E-state index contributed by atoms with van der Waals surface area (Å²) in [5.74, 6) is -0.561. The molecule has 1 fully saturated rings. The van der Waals surface area contributed by atoms with Crippen LogP contribution in [0.5, 0.6) is 0 Å². The van der Waals surface area contributed by atoms with Gasteiger partial charge in [0.25, 0.3) is 0 Å². The average molecular weight is 314 g/mol. The lowest BCUT2D eigenvalue weighted by Gasteiger charge is -2.34. The van der Waals surface area contributed by atoms with E-state index in [0.29, 0.717) is 17.4 Å². The van der Waals surface area contributed by atoms with Gasteiger partial charge in [0.1, 0.15) is 5.82 Å². The predicted molar refractivity (Wildman–Crippen MR) is 81.0 cm³/mol. The molecule has 1 aromatic rings. The van der Waals surface area contributed by atoms with Crippen LogP contribution >= 0.6 is 11.6 Å². The van der Waals surface area contributed by atoms with Gasteiger partial charge in [0.2, 0.25) is 0 Å². The van der Waals surface area contributed by atoms with Crippen molar-refractivity contribution in [3.63, 3.8) is 0 Å². The Morgan fingerprint density at radius 1 is 1.52 bits per heavy atom. The normalized spacial score (nSPS) is 19.4. The molecule has 0 aromatic carbocycles. The van der Waals surface area contributed by atoms with Crippen molar-refractivity contribution in [3.8, 4) is 0 Å². The topological polar surface area (TPSA) is 85.7 Å². The Bertz CT molecular complexity index is 498. The molecule has 0 saturated carbocycles. The van der Waals surface area contributed by atoms with Crippen LogP contribution in [-0.2, 0) is 0 Å². The molecule has 0 spiro atoms. The van der Waals surface area contributed by atoms with Crippen LogP contribution in [-0.4, -0.2) is 58.3 Å². The summed E-state index contributed by atoms with van der Waals surface area (Å²) in [7, 11) is 0. The summed E-state index contributed by atoms with van der Waals surface area (Å²) >= 11 is 6.01. The quantitative estimate of drug-likeness (QED) is 0.741. The molecule has 1 atom stereocenters. The molecule has 1 saturated heterocycles. The predicted octanol–water partition coefficient (Wildman–Crippen LogP) is 1.69. The summed E-state index contributed by atoms with van der Waals surface area (Å²) < 4.78 is 0. The molecule has 1 aromatic heterocycles. The van der Waals surface area contributed by atoms with Gasteiger partial charge in [-0.1, -0.05) is 18.0 Å². The van der Waals surface area contributed by atoms with Gasteiger partial charge in [-0.3, -0.25) is 4.90 Å². The van der Waals surface area contributed by atoms with Crippen molar-refractivity contribution < 1.29 is 15.0 Å². The number of rotatable bonds is 6. The zero-order valence-electron chi connectivity index (χ0n) is 11.8. The molecule has 0 amide bonds. The van der Waals surface area contributed by atoms with Gasteiger partial charge in [-0.25, -0.2) is 9.78 Å². The van der Waals surface area contributed by atoms with Crippen molar-refractivity contribution in [3.05, 3.63) is 22.8 Å².